The molecule has 0 atom stereocenters. The second-order valence-electron chi connectivity index (χ2n) is 7.09. The summed E-state index contributed by atoms with van der Waals surface area (Å²) in [7, 11) is 0. The standard InChI is InChI=1S/C21H25N5O/c1-2-26-20-18(14-23-26)17(12-19(24-20)16-6-4-3-5-7-16)21(27)25-10-8-15(13-22)9-11-25/h3-7,12,14-15H,2,8-11,13,22H2,1H3. The molecule has 2 aromatic heterocycles. The Labute approximate surface area is 159 Å². The number of benzene rings is 1. The fourth-order valence-electron chi connectivity index (χ4n) is 3.75. The van der Waals surface area contributed by atoms with Crippen LogP contribution in [0.25, 0.3) is 22.3 Å². The Morgan fingerprint density at radius 3 is 2.63 bits per heavy atom. The predicted molar refractivity (Wildman–Crippen MR) is 106 cm³/mol. The molecule has 3 heterocycles. The van der Waals surface area contributed by atoms with Crippen LogP contribution in [-0.2, 0) is 6.54 Å². The van der Waals surface area contributed by atoms with E-state index in [4.69, 9.17) is 10.7 Å². The Bertz CT molecular complexity index is 942. The summed E-state index contributed by atoms with van der Waals surface area (Å²) in [4.78, 5) is 20.1. The van der Waals surface area contributed by atoms with Crippen molar-refractivity contribution in [3.8, 4) is 11.3 Å². The van der Waals surface area contributed by atoms with E-state index in [1.54, 1.807) is 6.20 Å². The highest BCUT2D eigenvalue weighted by Gasteiger charge is 2.25. The van der Waals surface area contributed by atoms with E-state index in [1.165, 1.54) is 0 Å². The number of aryl methyl sites for hydroxylation is 1. The zero-order valence-electron chi connectivity index (χ0n) is 15.6. The normalized spacial score (nSPS) is 15.4. The molecule has 1 aliphatic heterocycles. The molecule has 1 amide bonds. The number of hydrogen-bond acceptors (Lipinski definition) is 4. The van der Waals surface area contributed by atoms with Gasteiger partial charge in [-0.2, -0.15) is 5.10 Å². The van der Waals surface area contributed by atoms with Crippen LogP contribution in [0.2, 0.25) is 0 Å². The Morgan fingerprint density at radius 1 is 1.22 bits per heavy atom. The molecule has 6 nitrogen and oxygen atoms in total. The van der Waals surface area contributed by atoms with Gasteiger partial charge >= 0.3 is 0 Å². The van der Waals surface area contributed by atoms with Gasteiger partial charge in [-0.05, 0) is 38.3 Å². The van der Waals surface area contributed by atoms with Gasteiger partial charge in [0, 0.05) is 25.2 Å². The minimum absolute atomic E-state index is 0.0608. The molecule has 4 rings (SSSR count). The maximum atomic E-state index is 13.3. The zero-order chi connectivity index (χ0) is 18.8. The van der Waals surface area contributed by atoms with Gasteiger partial charge in [0.1, 0.15) is 0 Å². The molecule has 0 radical (unpaired) electrons. The Hall–Kier alpha value is -2.73. The van der Waals surface area contributed by atoms with Crippen LogP contribution in [0.15, 0.2) is 42.6 Å². The summed E-state index contributed by atoms with van der Waals surface area (Å²) in [6.07, 6.45) is 3.70. The lowest BCUT2D eigenvalue weighted by Gasteiger charge is -2.31. The van der Waals surface area contributed by atoms with Gasteiger partial charge in [-0.1, -0.05) is 30.3 Å². The number of aromatic nitrogens is 3. The quantitative estimate of drug-likeness (QED) is 0.773. The van der Waals surface area contributed by atoms with Gasteiger partial charge in [-0.3, -0.25) is 4.79 Å². The highest BCUT2D eigenvalue weighted by Crippen LogP contribution is 2.27. The Kier molecular flexibility index (Phi) is 4.90. The highest BCUT2D eigenvalue weighted by atomic mass is 16.2. The molecule has 6 heteroatoms. The van der Waals surface area contributed by atoms with Crippen molar-refractivity contribution in [3.63, 3.8) is 0 Å². The first-order chi connectivity index (χ1) is 13.2. The van der Waals surface area contributed by atoms with Gasteiger partial charge in [0.2, 0.25) is 0 Å². The van der Waals surface area contributed by atoms with Gasteiger partial charge in [0.15, 0.2) is 5.65 Å². The van der Waals surface area contributed by atoms with E-state index in [1.807, 2.05) is 52.9 Å². The first-order valence-corrected chi connectivity index (χ1v) is 9.62. The summed E-state index contributed by atoms with van der Waals surface area (Å²) in [6, 6.07) is 11.9. The minimum Gasteiger partial charge on any atom is -0.339 e. The van der Waals surface area contributed by atoms with Crippen LogP contribution in [0.3, 0.4) is 0 Å². The minimum atomic E-state index is 0.0608. The smallest absolute Gasteiger partial charge is 0.254 e. The van der Waals surface area contributed by atoms with E-state index in [9.17, 15) is 4.79 Å². The lowest BCUT2D eigenvalue weighted by atomic mass is 9.96. The van der Waals surface area contributed by atoms with E-state index >= 15 is 0 Å². The van der Waals surface area contributed by atoms with E-state index < -0.39 is 0 Å². The van der Waals surface area contributed by atoms with Crippen LogP contribution in [-0.4, -0.2) is 45.2 Å². The monoisotopic (exact) mass is 363 g/mol. The largest absolute Gasteiger partial charge is 0.339 e. The van der Waals surface area contributed by atoms with Crippen molar-refractivity contribution >= 4 is 16.9 Å². The predicted octanol–water partition coefficient (Wildman–Crippen LogP) is 2.93. The van der Waals surface area contributed by atoms with Gasteiger partial charge in [-0.15, -0.1) is 0 Å². The summed E-state index contributed by atoms with van der Waals surface area (Å²) in [5.74, 6) is 0.583. The number of carbonyl (C=O) groups is 1. The highest BCUT2D eigenvalue weighted by molar-refractivity contribution is 6.06. The molecule has 3 aromatic rings. The zero-order valence-corrected chi connectivity index (χ0v) is 15.6. The van der Waals surface area contributed by atoms with Crippen molar-refractivity contribution in [2.24, 2.45) is 11.7 Å². The first kappa shape index (κ1) is 17.7. The fraction of sp³-hybridized carbons (Fsp3) is 0.381. The van der Waals surface area contributed by atoms with Gasteiger partial charge in [0.05, 0.1) is 22.8 Å². The first-order valence-electron chi connectivity index (χ1n) is 9.62. The van der Waals surface area contributed by atoms with E-state index in [-0.39, 0.29) is 5.91 Å². The summed E-state index contributed by atoms with van der Waals surface area (Å²) < 4.78 is 1.85. The lowest BCUT2D eigenvalue weighted by Crippen LogP contribution is -2.40. The lowest BCUT2D eigenvalue weighted by molar-refractivity contribution is 0.0695. The molecule has 1 fully saturated rings. The Morgan fingerprint density at radius 2 is 1.96 bits per heavy atom. The van der Waals surface area contributed by atoms with Crippen molar-refractivity contribution in [2.45, 2.75) is 26.3 Å². The molecule has 2 N–H and O–H groups in total. The Balaban J connectivity index is 1.77. The van der Waals surface area contributed by atoms with Crippen LogP contribution in [0.5, 0.6) is 0 Å². The van der Waals surface area contributed by atoms with Crippen molar-refractivity contribution < 1.29 is 4.79 Å². The van der Waals surface area contributed by atoms with Crippen molar-refractivity contribution in [3.05, 3.63) is 48.2 Å². The molecule has 0 saturated carbocycles. The second-order valence-corrected chi connectivity index (χ2v) is 7.09. The molecule has 0 unspecified atom stereocenters. The summed E-state index contributed by atoms with van der Waals surface area (Å²) in [6.45, 7) is 4.95. The summed E-state index contributed by atoms with van der Waals surface area (Å²) in [5, 5.41) is 5.25. The molecule has 1 saturated heterocycles. The molecule has 0 bridgehead atoms. The number of fused-ring (bicyclic) bond motifs is 1. The average molecular weight is 363 g/mol. The molecule has 1 aromatic carbocycles. The summed E-state index contributed by atoms with van der Waals surface area (Å²) >= 11 is 0. The molecule has 0 aliphatic carbocycles. The molecule has 140 valence electrons. The third kappa shape index (κ3) is 3.32. The molecular weight excluding hydrogens is 338 g/mol. The third-order valence-electron chi connectivity index (χ3n) is 5.44. The number of piperidine rings is 1. The average Bonchev–Trinajstić information content (AvgIpc) is 3.16. The van der Waals surface area contributed by atoms with Crippen molar-refractivity contribution in [1.82, 2.24) is 19.7 Å². The number of hydrogen-bond donors (Lipinski definition) is 1. The number of rotatable bonds is 4. The number of nitrogens with zero attached hydrogens (tertiary/aromatic N) is 4. The fourth-order valence-corrected chi connectivity index (χ4v) is 3.75. The van der Waals surface area contributed by atoms with Gasteiger partial charge < -0.3 is 10.6 Å². The van der Waals surface area contributed by atoms with E-state index in [0.717, 1.165) is 48.2 Å². The SMILES string of the molecule is CCn1ncc2c(C(=O)N3CCC(CN)CC3)cc(-c3ccccc3)nc21. The van der Waals surface area contributed by atoms with Crippen LogP contribution >= 0.6 is 0 Å². The van der Waals surface area contributed by atoms with E-state index in [0.29, 0.717) is 24.6 Å². The van der Waals surface area contributed by atoms with Gasteiger partial charge in [0.25, 0.3) is 5.91 Å². The number of nitrogens with two attached hydrogens (primary N) is 1. The van der Waals surface area contributed by atoms with Crippen LogP contribution in [0.4, 0.5) is 0 Å². The maximum Gasteiger partial charge on any atom is 0.254 e. The molecule has 27 heavy (non-hydrogen) atoms. The third-order valence-corrected chi connectivity index (χ3v) is 5.44. The van der Waals surface area contributed by atoms with E-state index in [2.05, 4.69) is 5.10 Å². The number of carbonyl (C=O) groups excluding carboxylic acids is 1. The molecule has 0 spiro atoms. The van der Waals surface area contributed by atoms with Crippen LogP contribution < -0.4 is 5.73 Å². The maximum absolute atomic E-state index is 13.3. The van der Waals surface area contributed by atoms with Gasteiger partial charge in [-0.25, -0.2) is 9.67 Å². The topological polar surface area (TPSA) is 77.0 Å². The number of likely N-dealkylation sites (tertiary alicyclic amines) is 1. The molecular formula is C21H25N5O. The van der Waals surface area contributed by atoms with Crippen LogP contribution in [0, 0.1) is 5.92 Å². The molecule has 1 aliphatic rings. The van der Waals surface area contributed by atoms with Crippen molar-refractivity contribution in [2.75, 3.05) is 19.6 Å². The van der Waals surface area contributed by atoms with Crippen LogP contribution in [0.1, 0.15) is 30.1 Å². The number of amides is 1. The second kappa shape index (κ2) is 7.48. The number of pyridine rings is 1. The van der Waals surface area contributed by atoms with Crippen molar-refractivity contribution in [1.29, 1.82) is 0 Å². The summed E-state index contributed by atoms with van der Waals surface area (Å²) in [5.41, 5.74) is 9.04.